The lowest BCUT2D eigenvalue weighted by atomic mass is 10.1. The Morgan fingerprint density at radius 3 is 2.67 bits per heavy atom. The van der Waals surface area contributed by atoms with Crippen molar-refractivity contribution in [3.63, 3.8) is 0 Å². The summed E-state index contributed by atoms with van der Waals surface area (Å²) in [5.74, 6) is 1.61. The SMILES string of the molecule is CC(C)Oc1ccc([CH]O)cc1C1CC1. The van der Waals surface area contributed by atoms with Gasteiger partial charge in [-0.05, 0) is 55.9 Å². The van der Waals surface area contributed by atoms with Gasteiger partial charge in [-0.25, -0.2) is 0 Å². The van der Waals surface area contributed by atoms with Crippen molar-refractivity contribution >= 4 is 0 Å². The van der Waals surface area contributed by atoms with E-state index in [1.165, 1.54) is 18.4 Å². The minimum atomic E-state index is 0.200. The maximum Gasteiger partial charge on any atom is 0.123 e. The van der Waals surface area contributed by atoms with Crippen LogP contribution in [0.1, 0.15) is 43.7 Å². The molecule has 1 N–H and O–H groups in total. The quantitative estimate of drug-likeness (QED) is 0.817. The molecule has 0 spiro atoms. The van der Waals surface area contributed by atoms with Gasteiger partial charge >= 0.3 is 0 Å². The molecule has 0 saturated heterocycles. The molecule has 1 saturated carbocycles. The Morgan fingerprint density at radius 1 is 1.40 bits per heavy atom. The topological polar surface area (TPSA) is 29.5 Å². The van der Waals surface area contributed by atoms with Gasteiger partial charge in [0, 0.05) is 0 Å². The zero-order chi connectivity index (χ0) is 10.8. The summed E-state index contributed by atoms with van der Waals surface area (Å²) < 4.78 is 5.75. The van der Waals surface area contributed by atoms with E-state index in [1.807, 2.05) is 32.0 Å². The van der Waals surface area contributed by atoms with E-state index in [4.69, 9.17) is 9.84 Å². The Kier molecular flexibility index (Phi) is 2.96. The molecule has 1 aromatic rings. The molecule has 1 fully saturated rings. The highest BCUT2D eigenvalue weighted by Gasteiger charge is 2.27. The third-order valence-corrected chi connectivity index (χ3v) is 2.56. The monoisotopic (exact) mass is 205 g/mol. The molecule has 1 aromatic carbocycles. The van der Waals surface area contributed by atoms with Crippen LogP contribution >= 0.6 is 0 Å². The van der Waals surface area contributed by atoms with Gasteiger partial charge in [-0.1, -0.05) is 6.07 Å². The van der Waals surface area contributed by atoms with E-state index in [9.17, 15) is 0 Å². The smallest absolute Gasteiger partial charge is 0.123 e. The van der Waals surface area contributed by atoms with Crippen molar-refractivity contribution < 1.29 is 9.84 Å². The molecular weight excluding hydrogens is 188 g/mol. The molecule has 0 amide bonds. The van der Waals surface area contributed by atoms with Crippen LogP contribution in [0.15, 0.2) is 18.2 Å². The predicted molar refractivity (Wildman–Crippen MR) is 59.5 cm³/mol. The highest BCUT2D eigenvalue weighted by Crippen LogP contribution is 2.44. The molecule has 15 heavy (non-hydrogen) atoms. The van der Waals surface area contributed by atoms with E-state index in [-0.39, 0.29) is 6.10 Å². The largest absolute Gasteiger partial charge is 0.491 e. The van der Waals surface area contributed by atoms with Gasteiger partial charge in [0.2, 0.25) is 0 Å². The molecule has 0 heterocycles. The molecular formula is C13H17O2. The van der Waals surface area contributed by atoms with Crippen LogP contribution in [0, 0.1) is 6.61 Å². The van der Waals surface area contributed by atoms with Crippen LogP contribution in [0.25, 0.3) is 0 Å². The third kappa shape index (κ3) is 2.51. The van der Waals surface area contributed by atoms with Crippen molar-refractivity contribution in [2.45, 2.75) is 38.7 Å². The first-order valence-corrected chi connectivity index (χ1v) is 5.48. The molecule has 0 bridgehead atoms. The molecule has 2 rings (SSSR count). The molecule has 2 heteroatoms. The van der Waals surface area contributed by atoms with Gasteiger partial charge in [0.1, 0.15) is 12.4 Å². The van der Waals surface area contributed by atoms with E-state index < -0.39 is 0 Å². The first-order chi connectivity index (χ1) is 7.20. The highest BCUT2D eigenvalue weighted by atomic mass is 16.5. The number of aliphatic hydroxyl groups is 1. The highest BCUT2D eigenvalue weighted by molar-refractivity contribution is 5.43. The van der Waals surface area contributed by atoms with E-state index in [2.05, 4.69) is 0 Å². The average Bonchev–Trinajstić information content (AvgIpc) is 3.01. The van der Waals surface area contributed by atoms with Crippen molar-refractivity contribution in [2.24, 2.45) is 0 Å². The molecule has 0 unspecified atom stereocenters. The molecule has 1 aliphatic rings. The number of aliphatic hydroxyl groups excluding tert-OH is 1. The first-order valence-electron chi connectivity index (χ1n) is 5.48. The standard InChI is InChI=1S/C13H17O2/c1-9(2)15-13-6-3-10(8-14)7-12(13)11-4-5-11/h3,6-9,11,14H,4-5H2,1-2H3. The fourth-order valence-corrected chi connectivity index (χ4v) is 1.72. The fourth-order valence-electron chi connectivity index (χ4n) is 1.72. The Balaban J connectivity index is 2.27. The van der Waals surface area contributed by atoms with Crippen LogP contribution in [0.5, 0.6) is 5.75 Å². The molecule has 0 aliphatic heterocycles. The number of hydrogen-bond acceptors (Lipinski definition) is 2. The number of benzene rings is 1. The van der Waals surface area contributed by atoms with Gasteiger partial charge in [-0.15, -0.1) is 0 Å². The first kappa shape index (κ1) is 10.5. The zero-order valence-electron chi connectivity index (χ0n) is 9.23. The normalized spacial score (nSPS) is 15.7. The average molecular weight is 205 g/mol. The maximum atomic E-state index is 8.97. The predicted octanol–water partition coefficient (Wildman–Crippen LogP) is 3.23. The van der Waals surface area contributed by atoms with Crippen LogP contribution in [-0.2, 0) is 0 Å². The third-order valence-electron chi connectivity index (χ3n) is 2.56. The lowest BCUT2D eigenvalue weighted by Gasteiger charge is -2.14. The van der Waals surface area contributed by atoms with Crippen LogP contribution in [0.4, 0.5) is 0 Å². The van der Waals surface area contributed by atoms with E-state index in [1.54, 1.807) is 0 Å². The number of hydrogen-bond donors (Lipinski definition) is 1. The van der Waals surface area contributed by atoms with Crippen LogP contribution in [-0.4, -0.2) is 11.2 Å². The van der Waals surface area contributed by atoms with Crippen LogP contribution < -0.4 is 4.74 Å². The van der Waals surface area contributed by atoms with Gasteiger partial charge in [0.15, 0.2) is 0 Å². The van der Waals surface area contributed by atoms with Gasteiger partial charge < -0.3 is 9.84 Å². The summed E-state index contributed by atoms with van der Waals surface area (Å²) in [4.78, 5) is 0. The second-order valence-electron chi connectivity index (χ2n) is 4.37. The summed E-state index contributed by atoms with van der Waals surface area (Å²) >= 11 is 0. The summed E-state index contributed by atoms with van der Waals surface area (Å²) in [5.41, 5.74) is 2.10. The molecule has 81 valence electrons. The summed E-state index contributed by atoms with van der Waals surface area (Å²) in [6.45, 7) is 5.20. The van der Waals surface area contributed by atoms with Crippen molar-refractivity contribution in [1.82, 2.24) is 0 Å². The lowest BCUT2D eigenvalue weighted by molar-refractivity contribution is 0.240. The van der Waals surface area contributed by atoms with Crippen molar-refractivity contribution in [2.75, 3.05) is 0 Å². The van der Waals surface area contributed by atoms with Gasteiger partial charge in [0.25, 0.3) is 0 Å². The minimum Gasteiger partial charge on any atom is -0.491 e. The van der Waals surface area contributed by atoms with Gasteiger partial charge in [-0.2, -0.15) is 0 Å². The second kappa shape index (κ2) is 4.23. The Labute approximate surface area is 90.9 Å². The molecule has 1 radical (unpaired) electrons. The minimum absolute atomic E-state index is 0.200. The fraction of sp³-hybridized carbons (Fsp3) is 0.462. The summed E-state index contributed by atoms with van der Waals surface area (Å²) in [5, 5.41) is 8.97. The summed E-state index contributed by atoms with van der Waals surface area (Å²) in [7, 11) is 0. The second-order valence-corrected chi connectivity index (χ2v) is 4.37. The number of ether oxygens (including phenoxy) is 1. The van der Waals surface area contributed by atoms with Crippen molar-refractivity contribution in [3.05, 3.63) is 35.9 Å². The van der Waals surface area contributed by atoms with Gasteiger partial charge in [-0.3, -0.25) is 0 Å². The molecule has 1 aliphatic carbocycles. The van der Waals surface area contributed by atoms with E-state index in [0.717, 1.165) is 17.9 Å². The van der Waals surface area contributed by atoms with Gasteiger partial charge in [0.05, 0.1) is 6.10 Å². The van der Waals surface area contributed by atoms with E-state index >= 15 is 0 Å². The molecule has 0 atom stereocenters. The van der Waals surface area contributed by atoms with Crippen molar-refractivity contribution in [1.29, 1.82) is 0 Å². The molecule has 0 aromatic heterocycles. The lowest BCUT2D eigenvalue weighted by Crippen LogP contribution is -2.07. The van der Waals surface area contributed by atoms with Crippen molar-refractivity contribution in [3.8, 4) is 5.75 Å². The Hall–Kier alpha value is -1.02. The molecule has 2 nitrogen and oxygen atoms in total. The maximum absolute atomic E-state index is 8.97. The van der Waals surface area contributed by atoms with Crippen LogP contribution in [0.3, 0.4) is 0 Å². The Bertz CT molecular complexity index is 340. The van der Waals surface area contributed by atoms with Crippen LogP contribution in [0.2, 0.25) is 0 Å². The zero-order valence-corrected chi connectivity index (χ0v) is 9.23. The summed E-state index contributed by atoms with van der Waals surface area (Å²) in [6, 6.07) is 5.86. The number of rotatable bonds is 4. The summed E-state index contributed by atoms with van der Waals surface area (Å²) in [6.07, 6.45) is 2.68. The van der Waals surface area contributed by atoms with E-state index in [0.29, 0.717) is 5.92 Å². The Morgan fingerprint density at radius 2 is 2.13 bits per heavy atom.